The smallest absolute Gasteiger partial charge is 0.124 e. The number of aliphatic hydroxyl groups is 1. The number of rotatable bonds is 9. The highest BCUT2D eigenvalue weighted by Gasteiger charge is 2.14. The Labute approximate surface area is 116 Å². The summed E-state index contributed by atoms with van der Waals surface area (Å²) in [4.78, 5) is 0. The quantitative estimate of drug-likeness (QED) is 0.684. The van der Waals surface area contributed by atoms with Crippen LogP contribution in [0.4, 0.5) is 0 Å². The summed E-state index contributed by atoms with van der Waals surface area (Å²) in [6.45, 7) is 2.20. The average Bonchev–Trinajstić information content (AvgIpc) is 2.46. The van der Waals surface area contributed by atoms with E-state index in [-0.39, 0.29) is 0 Å². The zero-order chi connectivity index (χ0) is 14.1. The van der Waals surface area contributed by atoms with Crippen molar-refractivity contribution in [2.75, 3.05) is 14.2 Å². The Morgan fingerprint density at radius 2 is 1.79 bits per heavy atom. The van der Waals surface area contributed by atoms with E-state index < -0.39 is 6.10 Å². The van der Waals surface area contributed by atoms with Gasteiger partial charge in [-0.15, -0.1) is 0 Å². The number of hydrogen-bond acceptors (Lipinski definition) is 3. The summed E-state index contributed by atoms with van der Waals surface area (Å²) < 4.78 is 10.5. The van der Waals surface area contributed by atoms with Gasteiger partial charge in [0.1, 0.15) is 11.5 Å². The molecule has 0 saturated heterocycles. The second-order valence-corrected chi connectivity index (χ2v) is 4.83. The molecule has 1 atom stereocenters. The first-order valence-corrected chi connectivity index (χ1v) is 7.13. The van der Waals surface area contributed by atoms with Crippen LogP contribution >= 0.6 is 0 Å². The Morgan fingerprint density at radius 3 is 2.42 bits per heavy atom. The standard InChI is InChI=1S/C16H26O3/c1-4-5-6-7-8-9-15(17)14-12-13(18-2)10-11-16(14)19-3/h10-12,15,17H,4-9H2,1-3H3. The van der Waals surface area contributed by atoms with Gasteiger partial charge in [-0.3, -0.25) is 0 Å². The van der Waals surface area contributed by atoms with E-state index >= 15 is 0 Å². The molecule has 0 saturated carbocycles. The van der Waals surface area contributed by atoms with Gasteiger partial charge < -0.3 is 14.6 Å². The Bertz CT molecular complexity index is 363. The molecule has 0 aliphatic rings. The first kappa shape index (κ1) is 15.8. The first-order valence-electron chi connectivity index (χ1n) is 7.13. The third kappa shape index (κ3) is 5.11. The van der Waals surface area contributed by atoms with E-state index in [0.717, 1.165) is 29.9 Å². The number of hydrogen-bond donors (Lipinski definition) is 1. The van der Waals surface area contributed by atoms with Crippen LogP contribution in [0.5, 0.6) is 11.5 Å². The topological polar surface area (TPSA) is 38.7 Å². The second-order valence-electron chi connectivity index (χ2n) is 4.83. The molecule has 19 heavy (non-hydrogen) atoms. The van der Waals surface area contributed by atoms with Gasteiger partial charge in [-0.1, -0.05) is 39.0 Å². The fourth-order valence-electron chi connectivity index (χ4n) is 2.20. The summed E-state index contributed by atoms with van der Waals surface area (Å²) in [6, 6.07) is 5.54. The molecule has 0 bridgehead atoms. The lowest BCUT2D eigenvalue weighted by Crippen LogP contribution is -2.01. The highest BCUT2D eigenvalue weighted by Crippen LogP contribution is 2.31. The molecular weight excluding hydrogens is 240 g/mol. The summed E-state index contributed by atoms with van der Waals surface area (Å²) in [5, 5.41) is 10.3. The molecule has 1 rings (SSSR count). The van der Waals surface area contributed by atoms with E-state index in [1.54, 1.807) is 14.2 Å². The van der Waals surface area contributed by atoms with Gasteiger partial charge in [-0.2, -0.15) is 0 Å². The molecule has 3 heteroatoms. The third-order valence-corrected chi connectivity index (χ3v) is 3.38. The summed E-state index contributed by atoms with van der Waals surface area (Å²) in [5.74, 6) is 1.47. The fraction of sp³-hybridized carbons (Fsp3) is 0.625. The number of benzene rings is 1. The predicted octanol–water partition coefficient (Wildman–Crippen LogP) is 4.10. The van der Waals surface area contributed by atoms with Crippen LogP contribution < -0.4 is 9.47 Å². The molecule has 3 nitrogen and oxygen atoms in total. The number of aliphatic hydroxyl groups excluding tert-OH is 1. The van der Waals surface area contributed by atoms with Gasteiger partial charge in [-0.05, 0) is 24.6 Å². The van der Waals surface area contributed by atoms with E-state index in [1.807, 2.05) is 18.2 Å². The molecule has 0 aromatic heterocycles. The SMILES string of the molecule is CCCCCCCC(O)c1cc(OC)ccc1OC. The fourth-order valence-corrected chi connectivity index (χ4v) is 2.20. The Morgan fingerprint density at radius 1 is 1.05 bits per heavy atom. The van der Waals surface area contributed by atoms with Crippen molar-refractivity contribution >= 4 is 0 Å². The molecular formula is C16H26O3. The van der Waals surface area contributed by atoms with Crippen LogP contribution in [0.2, 0.25) is 0 Å². The molecule has 0 fully saturated rings. The van der Waals surface area contributed by atoms with Crippen molar-refractivity contribution in [2.45, 2.75) is 51.6 Å². The minimum Gasteiger partial charge on any atom is -0.497 e. The molecule has 0 heterocycles. The van der Waals surface area contributed by atoms with Crippen molar-refractivity contribution in [2.24, 2.45) is 0 Å². The van der Waals surface area contributed by atoms with Gasteiger partial charge in [-0.25, -0.2) is 0 Å². The summed E-state index contributed by atoms with van der Waals surface area (Å²) in [7, 11) is 3.25. The van der Waals surface area contributed by atoms with Crippen molar-refractivity contribution in [3.05, 3.63) is 23.8 Å². The molecule has 0 spiro atoms. The van der Waals surface area contributed by atoms with Gasteiger partial charge in [0.25, 0.3) is 0 Å². The van der Waals surface area contributed by atoms with Crippen molar-refractivity contribution in [1.29, 1.82) is 0 Å². The van der Waals surface area contributed by atoms with Crippen LogP contribution in [0.15, 0.2) is 18.2 Å². The molecule has 108 valence electrons. The van der Waals surface area contributed by atoms with E-state index in [1.165, 1.54) is 25.7 Å². The predicted molar refractivity (Wildman–Crippen MR) is 77.9 cm³/mol. The summed E-state index contributed by atoms with van der Waals surface area (Å²) in [6.07, 6.45) is 6.28. The summed E-state index contributed by atoms with van der Waals surface area (Å²) >= 11 is 0. The molecule has 1 unspecified atom stereocenters. The van der Waals surface area contributed by atoms with E-state index in [0.29, 0.717) is 0 Å². The number of unbranched alkanes of at least 4 members (excludes halogenated alkanes) is 4. The molecule has 1 aromatic rings. The van der Waals surface area contributed by atoms with E-state index in [4.69, 9.17) is 9.47 Å². The van der Waals surface area contributed by atoms with Crippen LogP contribution in [-0.4, -0.2) is 19.3 Å². The first-order chi connectivity index (χ1) is 9.22. The van der Waals surface area contributed by atoms with Crippen LogP contribution in [0, 0.1) is 0 Å². The molecule has 0 radical (unpaired) electrons. The molecule has 1 N–H and O–H groups in total. The minimum atomic E-state index is -0.480. The lowest BCUT2D eigenvalue weighted by atomic mass is 10.0. The van der Waals surface area contributed by atoms with Crippen LogP contribution in [-0.2, 0) is 0 Å². The maximum Gasteiger partial charge on any atom is 0.124 e. The van der Waals surface area contributed by atoms with Gasteiger partial charge in [0, 0.05) is 5.56 Å². The van der Waals surface area contributed by atoms with Crippen LogP contribution in [0.1, 0.15) is 57.1 Å². The number of methoxy groups -OCH3 is 2. The second kappa shape index (κ2) is 8.81. The zero-order valence-electron chi connectivity index (χ0n) is 12.3. The summed E-state index contributed by atoms with van der Waals surface area (Å²) in [5.41, 5.74) is 0.817. The van der Waals surface area contributed by atoms with Gasteiger partial charge in [0.2, 0.25) is 0 Å². The van der Waals surface area contributed by atoms with E-state index in [2.05, 4.69) is 6.92 Å². The van der Waals surface area contributed by atoms with Gasteiger partial charge in [0.05, 0.1) is 20.3 Å². The normalized spacial score (nSPS) is 12.2. The lowest BCUT2D eigenvalue weighted by Gasteiger charge is -2.16. The minimum absolute atomic E-state index is 0.480. The Kier molecular flexibility index (Phi) is 7.34. The van der Waals surface area contributed by atoms with Gasteiger partial charge >= 0.3 is 0 Å². The number of ether oxygens (including phenoxy) is 2. The lowest BCUT2D eigenvalue weighted by molar-refractivity contribution is 0.159. The Balaban J connectivity index is 2.56. The van der Waals surface area contributed by atoms with Crippen LogP contribution in [0.3, 0.4) is 0 Å². The molecule has 1 aromatic carbocycles. The average molecular weight is 266 g/mol. The molecule has 0 amide bonds. The highest BCUT2D eigenvalue weighted by molar-refractivity contribution is 5.41. The van der Waals surface area contributed by atoms with Crippen molar-refractivity contribution in [1.82, 2.24) is 0 Å². The maximum absolute atomic E-state index is 10.3. The van der Waals surface area contributed by atoms with E-state index in [9.17, 15) is 5.11 Å². The van der Waals surface area contributed by atoms with Crippen molar-refractivity contribution in [3.63, 3.8) is 0 Å². The third-order valence-electron chi connectivity index (χ3n) is 3.38. The highest BCUT2D eigenvalue weighted by atomic mass is 16.5. The van der Waals surface area contributed by atoms with Gasteiger partial charge in [0.15, 0.2) is 0 Å². The van der Waals surface area contributed by atoms with Crippen molar-refractivity contribution < 1.29 is 14.6 Å². The molecule has 0 aliphatic carbocycles. The Hall–Kier alpha value is -1.22. The van der Waals surface area contributed by atoms with Crippen LogP contribution in [0.25, 0.3) is 0 Å². The molecule has 0 aliphatic heterocycles. The zero-order valence-corrected chi connectivity index (χ0v) is 12.3. The maximum atomic E-state index is 10.3. The monoisotopic (exact) mass is 266 g/mol. The van der Waals surface area contributed by atoms with Crippen molar-refractivity contribution in [3.8, 4) is 11.5 Å². The largest absolute Gasteiger partial charge is 0.497 e.